The molecule has 1 aromatic carbocycles. The van der Waals surface area contributed by atoms with Crippen LogP contribution in [0.2, 0.25) is 0 Å². The minimum absolute atomic E-state index is 0.108. The lowest BCUT2D eigenvalue weighted by Crippen LogP contribution is -2.20. The molecule has 0 saturated heterocycles. The maximum Gasteiger partial charge on any atom is 0.182 e. The molecule has 0 fully saturated rings. The molecule has 6 heteroatoms. The van der Waals surface area contributed by atoms with Gasteiger partial charge in [-0.15, -0.1) is 0 Å². The second-order valence-corrected chi connectivity index (χ2v) is 6.14. The topological polar surface area (TPSA) is 79.4 Å². The third-order valence-corrected chi connectivity index (χ3v) is 4.55. The van der Waals surface area contributed by atoms with Gasteiger partial charge in [0.05, 0.1) is 18.8 Å². The predicted molar refractivity (Wildman–Crippen MR) is 93.8 cm³/mol. The summed E-state index contributed by atoms with van der Waals surface area (Å²) in [6.07, 6.45) is 8.17. The van der Waals surface area contributed by atoms with Gasteiger partial charge in [-0.2, -0.15) is 10.4 Å². The van der Waals surface area contributed by atoms with Gasteiger partial charge in [-0.25, -0.2) is 9.97 Å². The van der Waals surface area contributed by atoms with Gasteiger partial charge in [-0.05, 0) is 24.8 Å². The van der Waals surface area contributed by atoms with Crippen molar-refractivity contribution in [3.8, 4) is 6.07 Å². The number of nitrogens with zero attached hydrogens (tertiary/aromatic N) is 5. The second-order valence-electron chi connectivity index (χ2n) is 6.14. The van der Waals surface area contributed by atoms with Crippen LogP contribution in [0.1, 0.15) is 41.4 Å². The normalized spacial score (nSPS) is 16.0. The Morgan fingerprint density at radius 2 is 2.04 bits per heavy atom. The molecule has 0 saturated carbocycles. The largest absolute Gasteiger partial charge is 0.361 e. The van der Waals surface area contributed by atoms with Crippen LogP contribution in [-0.4, -0.2) is 19.7 Å². The maximum absolute atomic E-state index is 9.20. The SMILES string of the molecule is N#Cc1nccnc1N[C@H]1CCCc2c1cnn2Cc1ccccc1. The minimum atomic E-state index is 0.108. The highest BCUT2D eigenvalue weighted by Crippen LogP contribution is 2.32. The first kappa shape index (κ1) is 15.3. The van der Waals surface area contributed by atoms with E-state index in [1.54, 1.807) is 6.20 Å². The van der Waals surface area contributed by atoms with Crippen LogP contribution in [0.4, 0.5) is 5.82 Å². The first-order valence-corrected chi connectivity index (χ1v) is 8.41. The van der Waals surface area contributed by atoms with Crippen molar-refractivity contribution in [3.05, 3.63) is 71.4 Å². The number of anilines is 1. The summed E-state index contributed by atoms with van der Waals surface area (Å²) in [4.78, 5) is 8.34. The van der Waals surface area contributed by atoms with Crippen LogP contribution >= 0.6 is 0 Å². The third kappa shape index (κ3) is 3.09. The fourth-order valence-electron chi connectivity index (χ4n) is 3.35. The molecule has 1 aliphatic carbocycles. The molecule has 4 rings (SSSR count). The van der Waals surface area contributed by atoms with Crippen molar-refractivity contribution >= 4 is 5.82 Å². The number of benzene rings is 1. The molecule has 1 aliphatic rings. The van der Waals surface area contributed by atoms with E-state index in [0.29, 0.717) is 11.5 Å². The van der Waals surface area contributed by atoms with Crippen molar-refractivity contribution in [1.29, 1.82) is 5.26 Å². The lowest BCUT2D eigenvalue weighted by atomic mass is 9.93. The molecule has 6 nitrogen and oxygen atoms in total. The van der Waals surface area contributed by atoms with E-state index < -0.39 is 0 Å². The fraction of sp³-hybridized carbons (Fsp3) is 0.263. The van der Waals surface area contributed by atoms with E-state index in [9.17, 15) is 5.26 Å². The molecule has 0 radical (unpaired) electrons. The van der Waals surface area contributed by atoms with Crippen molar-refractivity contribution in [2.75, 3.05) is 5.32 Å². The predicted octanol–water partition coefficient (Wildman–Crippen LogP) is 3.08. The summed E-state index contributed by atoms with van der Waals surface area (Å²) in [6, 6.07) is 12.6. The Morgan fingerprint density at radius 3 is 2.88 bits per heavy atom. The van der Waals surface area contributed by atoms with E-state index in [0.717, 1.165) is 25.8 Å². The summed E-state index contributed by atoms with van der Waals surface area (Å²) >= 11 is 0. The van der Waals surface area contributed by atoms with E-state index in [2.05, 4.69) is 43.3 Å². The molecular formula is C19H18N6. The lowest BCUT2D eigenvalue weighted by molar-refractivity contribution is 0.555. The number of aromatic nitrogens is 4. The van der Waals surface area contributed by atoms with Gasteiger partial charge in [0.25, 0.3) is 0 Å². The number of hydrogen-bond acceptors (Lipinski definition) is 5. The second kappa shape index (κ2) is 6.73. The zero-order valence-corrected chi connectivity index (χ0v) is 13.8. The molecule has 124 valence electrons. The lowest BCUT2D eigenvalue weighted by Gasteiger charge is -2.24. The van der Waals surface area contributed by atoms with Crippen molar-refractivity contribution in [3.63, 3.8) is 0 Å². The molecule has 1 N–H and O–H groups in total. The average Bonchev–Trinajstić information content (AvgIpc) is 3.07. The standard InChI is InChI=1S/C19H18N6/c20-11-17-19(22-10-9-21-17)24-16-7-4-8-18-15(16)12-23-25(18)13-14-5-2-1-3-6-14/h1-3,5-6,9-10,12,16H,4,7-8,13H2,(H,22,24)/t16-/m0/s1. The summed E-state index contributed by atoms with van der Waals surface area (Å²) in [7, 11) is 0. The number of nitrogens with one attached hydrogen (secondary N) is 1. The molecule has 25 heavy (non-hydrogen) atoms. The van der Waals surface area contributed by atoms with E-state index in [1.165, 1.54) is 23.0 Å². The van der Waals surface area contributed by atoms with Crippen LogP contribution in [0.15, 0.2) is 48.9 Å². The van der Waals surface area contributed by atoms with Gasteiger partial charge >= 0.3 is 0 Å². The zero-order valence-electron chi connectivity index (χ0n) is 13.8. The van der Waals surface area contributed by atoms with Crippen LogP contribution in [-0.2, 0) is 13.0 Å². The Balaban J connectivity index is 1.60. The van der Waals surface area contributed by atoms with Crippen molar-refractivity contribution in [1.82, 2.24) is 19.7 Å². The Morgan fingerprint density at radius 1 is 1.20 bits per heavy atom. The Hall–Kier alpha value is -3.20. The summed E-state index contributed by atoms with van der Waals surface area (Å²) < 4.78 is 2.08. The molecule has 2 heterocycles. The van der Waals surface area contributed by atoms with Gasteiger partial charge in [-0.1, -0.05) is 30.3 Å². The molecule has 2 aromatic heterocycles. The molecule has 0 bridgehead atoms. The highest BCUT2D eigenvalue weighted by atomic mass is 15.3. The zero-order chi connectivity index (χ0) is 17.1. The van der Waals surface area contributed by atoms with E-state index in [1.807, 2.05) is 24.4 Å². The van der Waals surface area contributed by atoms with E-state index >= 15 is 0 Å². The Labute approximate surface area is 146 Å². The van der Waals surface area contributed by atoms with Crippen molar-refractivity contribution < 1.29 is 0 Å². The van der Waals surface area contributed by atoms with E-state index in [-0.39, 0.29) is 6.04 Å². The molecule has 0 spiro atoms. The summed E-state index contributed by atoms with van der Waals surface area (Å²) in [5.41, 5.74) is 4.02. The highest BCUT2D eigenvalue weighted by molar-refractivity contribution is 5.49. The summed E-state index contributed by atoms with van der Waals surface area (Å²) in [5.74, 6) is 0.540. The Kier molecular flexibility index (Phi) is 4.13. The highest BCUT2D eigenvalue weighted by Gasteiger charge is 2.25. The molecule has 3 aromatic rings. The van der Waals surface area contributed by atoms with Gasteiger partial charge in [0.2, 0.25) is 0 Å². The summed E-state index contributed by atoms with van der Waals surface area (Å²) in [6.45, 7) is 0.775. The maximum atomic E-state index is 9.20. The van der Waals surface area contributed by atoms with Gasteiger partial charge in [0.15, 0.2) is 11.5 Å². The number of nitriles is 1. The van der Waals surface area contributed by atoms with Crippen molar-refractivity contribution in [2.24, 2.45) is 0 Å². The molecule has 0 unspecified atom stereocenters. The van der Waals surface area contributed by atoms with Gasteiger partial charge in [0, 0.05) is 23.7 Å². The fourth-order valence-corrected chi connectivity index (χ4v) is 3.35. The minimum Gasteiger partial charge on any atom is -0.361 e. The first-order valence-electron chi connectivity index (χ1n) is 8.41. The van der Waals surface area contributed by atoms with Gasteiger partial charge < -0.3 is 5.32 Å². The number of rotatable bonds is 4. The molecule has 0 amide bonds. The Bertz CT molecular complexity index is 909. The average molecular weight is 330 g/mol. The quantitative estimate of drug-likeness (QED) is 0.795. The summed E-state index contributed by atoms with van der Waals surface area (Å²) in [5, 5.41) is 17.2. The third-order valence-electron chi connectivity index (χ3n) is 4.55. The molecule has 1 atom stereocenters. The van der Waals surface area contributed by atoms with E-state index in [4.69, 9.17) is 0 Å². The van der Waals surface area contributed by atoms with Gasteiger partial charge in [-0.3, -0.25) is 4.68 Å². The molecular weight excluding hydrogens is 312 g/mol. The van der Waals surface area contributed by atoms with Crippen LogP contribution in [0.5, 0.6) is 0 Å². The van der Waals surface area contributed by atoms with Gasteiger partial charge in [0.1, 0.15) is 6.07 Å². The van der Waals surface area contributed by atoms with Crippen molar-refractivity contribution in [2.45, 2.75) is 31.8 Å². The van der Waals surface area contributed by atoms with Crippen LogP contribution < -0.4 is 5.32 Å². The number of hydrogen-bond donors (Lipinski definition) is 1. The van der Waals surface area contributed by atoms with Crippen LogP contribution in [0, 0.1) is 11.3 Å². The van der Waals surface area contributed by atoms with Crippen LogP contribution in [0.3, 0.4) is 0 Å². The smallest absolute Gasteiger partial charge is 0.182 e. The molecule has 0 aliphatic heterocycles. The first-order chi connectivity index (χ1) is 12.3. The van der Waals surface area contributed by atoms with Crippen LogP contribution in [0.25, 0.3) is 0 Å². The monoisotopic (exact) mass is 330 g/mol. The number of fused-ring (bicyclic) bond motifs is 1.